The van der Waals surface area contributed by atoms with Gasteiger partial charge in [0.2, 0.25) is 5.91 Å². The second-order valence-electron chi connectivity index (χ2n) is 7.76. The summed E-state index contributed by atoms with van der Waals surface area (Å²) >= 11 is 2.76. The van der Waals surface area contributed by atoms with E-state index in [0.29, 0.717) is 27.9 Å². The minimum absolute atomic E-state index is 0.155. The van der Waals surface area contributed by atoms with Crippen LogP contribution in [0.4, 0.5) is 10.8 Å². The van der Waals surface area contributed by atoms with Crippen LogP contribution in [-0.2, 0) is 4.79 Å². The highest BCUT2D eigenvalue weighted by atomic mass is 32.2. The van der Waals surface area contributed by atoms with E-state index in [1.165, 1.54) is 42.9 Å². The lowest BCUT2D eigenvalue weighted by atomic mass is 10.1. The molecule has 0 aliphatic rings. The Balaban J connectivity index is 1.35. The molecule has 2 N–H and O–H groups in total. The molecule has 0 saturated carbocycles. The van der Waals surface area contributed by atoms with Crippen molar-refractivity contribution >= 4 is 45.7 Å². The highest BCUT2D eigenvalue weighted by Crippen LogP contribution is 2.30. The fourth-order valence-electron chi connectivity index (χ4n) is 3.42. The van der Waals surface area contributed by atoms with E-state index >= 15 is 0 Å². The van der Waals surface area contributed by atoms with Crippen molar-refractivity contribution < 1.29 is 19.1 Å². The van der Waals surface area contributed by atoms with Crippen molar-refractivity contribution in [2.75, 3.05) is 30.6 Å². The molecule has 3 aromatic carbocycles. The molecular weight excluding hydrogens is 494 g/mol. The third-order valence-corrected chi connectivity index (χ3v) is 6.97. The summed E-state index contributed by atoms with van der Waals surface area (Å²) in [5.74, 6) is 0.538. The van der Waals surface area contributed by atoms with Crippen molar-refractivity contribution in [2.24, 2.45) is 0 Å². The van der Waals surface area contributed by atoms with Crippen LogP contribution in [0.3, 0.4) is 0 Å². The molecule has 0 bridgehead atoms. The molecule has 184 valence electrons. The smallest absolute Gasteiger partial charge is 0.263 e. The number of anilines is 2. The Kier molecular flexibility index (Phi) is 8.24. The van der Waals surface area contributed by atoms with Crippen LogP contribution in [0.5, 0.6) is 11.5 Å². The second kappa shape index (κ2) is 11.7. The monoisotopic (exact) mass is 519 g/mol. The number of carbonyl (C=O) groups excluding carboxylic acids is 2. The van der Waals surface area contributed by atoms with Crippen LogP contribution < -0.4 is 20.1 Å². The van der Waals surface area contributed by atoms with Crippen LogP contribution in [-0.4, -0.2) is 36.8 Å². The zero-order valence-electron chi connectivity index (χ0n) is 20.0. The van der Waals surface area contributed by atoms with Gasteiger partial charge in [-0.05, 0) is 37.3 Å². The van der Waals surface area contributed by atoms with Gasteiger partial charge in [0.15, 0.2) is 5.13 Å². The van der Waals surface area contributed by atoms with Crippen LogP contribution >= 0.6 is 23.1 Å². The van der Waals surface area contributed by atoms with Crippen molar-refractivity contribution in [1.82, 2.24) is 4.98 Å². The zero-order chi connectivity index (χ0) is 25.5. The number of carbonyl (C=O) groups is 2. The quantitative estimate of drug-likeness (QED) is 0.259. The molecule has 0 atom stereocenters. The highest BCUT2D eigenvalue weighted by Gasteiger charge is 2.18. The number of benzene rings is 3. The molecular formula is C27H25N3O4S2. The largest absolute Gasteiger partial charge is 0.496 e. The van der Waals surface area contributed by atoms with Crippen molar-refractivity contribution in [3.05, 3.63) is 83.2 Å². The number of nitrogens with zero attached hydrogens (tertiary/aromatic N) is 1. The van der Waals surface area contributed by atoms with Gasteiger partial charge in [-0.3, -0.25) is 9.59 Å². The van der Waals surface area contributed by atoms with Gasteiger partial charge in [-0.2, -0.15) is 0 Å². The summed E-state index contributed by atoms with van der Waals surface area (Å²) in [6.45, 7) is 2.04. The Morgan fingerprint density at radius 2 is 1.64 bits per heavy atom. The molecule has 0 spiro atoms. The first-order chi connectivity index (χ1) is 17.5. The maximum Gasteiger partial charge on any atom is 0.263 e. The van der Waals surface area contributed by atoms with Crippen LogP contribution in [0.25, 0.3) is 11.3 Å². The van der Waals surface area contributed by atoms with Gasteiger partial charge in [-0.1, -0.05) is 42.0 Å². The average Bonchev–Trinajstić information content (AvgIpc) is 3.35. The Morgan fingerprint density at radius 3 is 2.33 bits per heavy atom. The van der Waals surface area contributed by atoms with Gasteiger partial charge in [0.25, 0.3) is 5.91 Å². The summed E-state index contributed by atoms with van der Waals surface area (Å²) in [4.78, 5) is 30.8. The summed E-state index contributed by atoms with van der Waals surface area (Å²) in [5.41, 5.74) is 3.94. The van der Waals surface area contributed by atoms with Crippen LogP contribution in [0.1, 0.15) is 15.9 Å². The number of hydrogen-bond donors (Lipinski definition) is 2. The fourth-order valence-corrected chi connectivity index (χ4v) is 4.92. The van der Waals surface area contributed by atoms with Gasteiger partial charge >= 0.3 is 0 Å². The second-order valence-corrected chi connectivity index (χ2v) is 9.67. The van der Waals surface area contributed by atoms with E-state index in [2.05, 4.69) is 15.6 Å². The van der Waals surface area contributed by atoms with E-state index in [9.17, 15) is 9.59 Å². The summed E-state index contributed by atoms with van der Waals surface area (Å²) in [6.07, 6.45) is 0. The summed E-state index contributed by atoms with van der Waals surface area (Å²) in [5, 5.41) is 8.22. The normalized spacial score (nSPS) is 10.5. The number of ether oxygens (including phenoxy) is 2. The molecule has 0 aliphatic carbocycles. The number of thiazole rings is 1. The number of aryl methyl sites for hydroxylation is 1. The first kappa shape index (κ1) is 25.3. The molecule has 4 aromatic rings. The Hall–Kier alpha value is -3.82. The first-order valence-corrected chi connectivity index (χ1v) is 12.9. The predicted molar refractivity (Wildman–Crippen MR) is 146 cm³/mol. The number of aromatic nitrogens is 1. The maximum atomic E-state index is 12.9. The number of amides is 2. The molecule has 0 radical (unpaired) electrons. The van der Waals surface area contributed by atoms with Crippen LogP contribution in [0.15, 0.2) is 77.0 Å². The van der Waals surface area contributed by atoms with E-state index in [4.69, 9.17) is 9.47 Å². The lowest BCUT2D eigenvalue weighted by Crippen LogP contribution is -2.15. The molecule has 4 rings (SSSR count). The lowest BCUT2D eigenvalue weighted by molar-refractivity contribution is -0.113. The third kappa shape index (κ3) is 6.24. The van der Waals surface area contributed by atoms with Gasteiger partial charge < -0.3 is 20.1 Å². The number of hydrogen-bond acceptors (Lipinski definition) is 7. The molecule has 36 heavy (non-hydrogen) atoms. The Bertz CT molecular complexity index is 1350. The zero-order valence-corrected chi connectivity index (χ0v) is 21.7. The molecule has 2 amide bonds. The maximum absolute atomic E-state index is 12.9. The molecule has 1 aromatic heterocycles. The fraction of sp³-hybridized carbons (Fsp3) is 0.148. The lowest BCUT2D eigenvalue weighted by Gasteiger charge is -2.13. The number of nitrogens with one attached hydrogen (secondary N) is 2. The SMILES string of the molecule is COc1cccc(OC)c1C(=O)Nc1cccc(SCC(=O)Nc2nc(-c3ccc(C)cc3)cs2)c1. The summed E-state index contributed by atoms with van der Waals surface area (Å²) < 4.78 is 10.6. The molecule has 0 fully saturated rings. The molecule has 0 unspecified atom stereocenters. The molecule has 0 aliphatic heterocycles. The average molecular weight is 520 g/mol. The molecule has 7 nitrogen and oxygen atoms in total. The standard InChI is InChI=1S/C27H25N3O4S2/c1-17-10-12-18(13-11-17)21-15-36-27(29-21)30-24(31)16-35-20-7-4-6-19(14-20)28-26(32)25-22(33-2)8-5-9-23(25)34-3/h4-15H,16H2,1-3H3,(H,28,32)(H,29,30,31). The van der Waals surface area contributed by atoms with Crippen molar-refractivity contribution in [3.8, 4) is 22.8 Å². The minimum Gasteiger partial charge on any atom is -0.496 e. The first-order valence-electron chi connectivity index (χ1n) is 11.0. The van der Waals surface area contributed by atoms with Gasteiger partial charge in [-0.25, -0.2) is 4.98 Å². The van der Waals surface area contributed by atoms with E-state index in [1.54, 1.807) is 24.3 Å². The highest BCUT2D eigenvalue weighted by molar-refractivity contribution is 8.00. The topological polar surface area (TPSA) is 89.5 Å². The molecule has 0 saturated heterocycles. The minimum atomic E-state index is -0.350. The number of rotatable bonds is 9. The van der Waals surface area contributed by atoms with Crippen molar-refractivity contribution in [1.29, 1.82) is 0 Å². The van der Waals surface area contributed by atoms with Gasteiger partial charge in [-0.15, -0.1) is 23.1 Å². The van der Waals surface area contributed by atoms with Gasteiger partial charge in [0, 0.05) is 21.5 Å². The van der Waals surface area contributed by atoms with E-state index < -0.39 is 0 Å². The van der Waals surface area contributed by atoms with Gasteiger partial charge in [0.05, 0.1) is 25.7 Å². The number of methoxy groups -OCH3 is 2. The van der Waals surface area contributed by atoms with Crippen LogP contribution in [0, 0.1) is 6.92 Å². The van der Waals surface area contributed by atoms with Crippen molar-refractivity contribution in [2.45, 2.75) is 11.8 Å². The van der Waals surface area contributed by atoms with Gasteiger partial charge in [0.1, 0.15) is 17.1 Å². The number of thioether (sulfide) groups is 1. The van der Waals surface area contributed by atoms with Crippen molar-refractivity contribution in [3.63, 3.8) is 0 Å². The Labute approximate surface area is 217 Å². The molecule has 1 heterocycles. The van der Waals surface area contributed by atoms with E-state index in [1.807, 2.05) is 54.8 Å². The van der Waals surface area contributed by atoms with E-state index in [-0.39, 0.29) is 17.6 Å². The van der Waals surface area contributed by atoms with E-state index in [0.717, 1.165) is 16.2 Å². The third-order valence-electron chi connectivity index (χ3n) is 5.21. The predicted octanol–water partition coefficient (Wildman–Crippen LogP) is 6.12. The Morgan fingerprint density at radius 1 is 0.944 bits per heavy atom. The van der Waals surface area contributed by atoms with Crippen LogP contribution in [0.2, 0.25) is 0 Å². The molecule has 9 heteroatoms. The summed E-state index contributed by atoms with van der Waals surface area (Å²) in [7, 11) is 3.01. The summed E-state index contributed by atoms with van der Waals surface area (Å²) in [6, 6.07) is 20.6.